The van der Waals surface area contributed by atoms with E-state index in [0.717, 1.165) is 16.7 Å². The molecule has 0 aliphatic heterocycles. The minimum absolute atomic E-state index is 0.175. The molecule has 0 aliphatic carbocycles. The minimum Gasteiger partial charge on any atom is -0.419 e. The highest BCUT2D eigenvalue weighted by atomic mass is 16.6. The number of hydrogen-bond donors (Lipinski definition) is 0. The van der Waals surface area contributed by atoms with Crippen LogP contribution in [-0.4, -0.2) is 11.9 Å². The molecular formula is C28H30O4. The molecule has 0 atom stereocenters. The predicted octanol–water partition coefficient (Wildman–Crippen LogP) is 6.55. The number of rotatable bonds is 6. The summed E-state index contributed by atoms with van der Waals surface area (Å²) in [6.07, 6.45) is 1.25. The molecule has 0 saturated carbocycles. The molecule has 0 unspecified atom stereocenters. The van der Waals surface area contributed by atoms with Gasteiger partial charge in [-0.05, 0) is 53.6 Å². The summed E-state index contributed by atoms with van der Waals surface area (Å²) >= 11 is 0. The molecule has 0 bridgehead atoms. The third-order valence-corrected chi connectivity index (χ3v) is 5.37. The largest absolute Gasteiger partial charge is 0.419 e. The van der Waals surface area contributed by atoms with Crippen molar-refractivity contribution in [2.24, 2.45) is 0 Å². The van der Waals surface area contributed by atoms with Gasteiger partial charge in [0.15, 0.2) is 11.5 Å². The number of carbonyl (C=O) groups is 2. The van der Waals surface area contributed by atoms with E-state index in [9.17, 15) is 9.59 Å². The summed E-state index contributed by atoms with van der Waals surface area (Å²) in [7, 11) is 0. The van der Waals surface area contributed by atoms with Gasteiger partial charge in [0.25, 0.3) is 0 Å². The van der Waals surface area contributed by atoms with Crippen molar-refractivity contribution in [3.05, 3.63) is 94.5 Å². The maximum atomic E-state index is 13.0. The molecule has 0 fully saturated rings. The van der Waals surface area contributed by atoms with E-state index in [1.165, 1.54) is 0 Å². The van der Waals surface area contributed by atoms with Crippen molar-refractivity contribution in [1.82, 2.24) is 0 Å². The number of carbonyl (C=O) groups excluding carboxylic acids is 2. The summed E-state index contributed by atoms with van der Waals surface area (Å²) in [6, 6.07) is 19.7. The van der Waals surface area contributed by atoms with E-state index in [2.05, 4.69) is 26.8 Å². The average molecular weight is 431 g/mol. The molecular weight excluding hydrogens is 400 g/mol. The van der Waals surface area contributed by atoms with Gasteiger partial charge in [0, 0.05) is 5.56 Å². The Labute approximate surface area is 190 Å². The highest BCUT2D eigenvalue weighted by molar-refractivity contribution is 5.93. The Balaban J connectivity index is 2.16. The molecule has 166 valence electrons. The van der Waals surface area contributed by atoms with Gasteiger partial charge in [0.2, 0.25) is 0 Å². The zero-order chi connectivity index (χ0) is 23.3. The zero-order valence-corrected chi connectivity index (χ0v) is 19.4. The van der Waals surface area contributed by atoms with Crippen molar-refractivity contribution in [3.63, 3.8) is 0 Å². The zero-order valence-electron chi connectivity index (χ0n) is 19.4. The van der Waals surface area contributed by atoms with E-state index in [-0.39, 0.29) is 5.41 Å². The van der Waals surface area contributed by atoms with Gasteiger partial charge in [-0.2, -0.15) is 0 Å². The van der Waals surface area contributed by atoms with Crippen LogP contribution in [0, 0.1) is 0 Å². The first-order valence-electron chi connectivity index (χ1n) is 11.0. The lowest BCUT2D eigenvalue weighted by molar-refractivity contribution is 0.0679. The van der Waals surface area contributed by atoms with Crippen LogP contribution in [0.4, 0.5) is 0 Å². The molecule has 0 N–H and O–H groups in total. The Morgan fingerprint density at radius 3 is 1.59 bits per heavy atom. The molecule has 0 saturated heterocycles. The smallest absolute Gasteiger partial charge is 0.343 e. The number of hydrogen-bond acceptors (Lipinski definition) is 4. The number of aryl methyl sites for hydroxylation is 1. The topological polar surface area (TPSA) is 52.6 Å². The maximum Gasteiger partial charge on any atom is 0.343 e. The number of esters is 2. The highest BCUT2D eigenvalue weighted by Gasteiger charge is 2.28. The highest BCUT2D eigenvalue weighted by Crippen LogP contribution is 2.43. The second-order valence-corrected chi connectivity index (χ2v) is 8.69. The quantitative estimate of drug-likeness (QED) is 0.329. The molecule has 0 radical (unpaired) electrons. The van der Waals surface area contributed by atoms with Crippen molar-refractivity contribution < 1.29 is 19.1 Å². The van der Waals surface area contributed by atoms with Crippen LogP contribution in [0.3, 0.4) is 0 Å². The van der Waals surface area contributed by atoms with E-state index in [1.54, 1.807) is 48.5 Å². The first-order valence-corrected chi connectivity index (χ1v) is 11.0. The van der Waals surface area contributed by atoms with Crippen LogP contribution in [0.15, 0.2) is 66.7 Å². The molecule has 0 aromatic heterocycles. The van der Waals surface area contributed by atoms with Crippen LogP contribution in [0.2, 0.25) is 0 Å². The fourth-order valence-corrected chi connectivity index (χ4v) is 3.69. The monoisotopic (exact) mass is 430 g/mol. The molecule has 3 rings (SSSR count). The number of ether oxygens (including phenoxy) is 2. The first-order chi connectivity index (χ1) is 15.3. The Morgan fingerprint density at radius 1 is 0.719 bits per heavy atom. The third-order valence-electron chi connectivity index (χ3n) is 5.37. The lowest BCUT2D eigenvalue weighted by Crippen LogP contribution is -2.20. The Hall–Kier alpha value is -3.40. The molecule has 0 spiro atoms. The molecule has 0 aliphatic rings. The molecule has 3 aromatic rings. The van der Waals surface area contributed by atoms with Gasteiger partial charge in [-0.3, -0.25) is 0 Å². The molecule has 32 heavy (non-hydrogen) atoms. The Bertz CT molecular complexity index is 1090. The van der Waals surface area contributed by atoms with Gasteiger partial charge >= 0.3 is 11.9 Å². The van der Waals surface area contributed by atoms with Gasteiger partial charge in [-0.1, -0.05) is 77.1 Å². The van der Waals surface area contributed by atoms with E-state index in [4.69, 9.17) is 9.47 Å². The minimum atomic E-state index is -0.483. The summed E-state index contributed by atoms with van der Waals surface area (Å²) in [6.45, 7) is 10.4. The lowest BCUT2D eigenvalue weighted by Gasteiger charge is -2.27. The summed E-state index contributed by atoms with van der Waals surface area (Å²) < 4.78 is 11.8. The molecule has 4 nitrogen and oxygen atoms in total. The van der Waals surface area contributed by atoms with Crippen LogP contribution in [0.25, 0.3) is 0 Å². The Morgan fingerprint density at radius 2 is 1.19 bits per heavy atom. The van der Waals surface area contributed by atoms with Crippen molar-refractivity contribution in [2.75, 3.05) is 0 Å². The van der Waals surface area contributed by atoms with Crippen LogP contribution in [-0.2, 0) is 18.3 Å². The summed E-state index contributed by atoms with van der Waals surface area (Å²) in [5.74, 6) is -0.321. The van der Waals surface area contributed by atoms with Gasteiger partial charge in [0.1, 0.15) is 0 Å². The second-order valence-electron chi connectivity index (χ2n) is 8.69. The van der Waals surface area contributed by atoms with Crippen molar-refractivity contribution in [3.8, 4) is 11.5 Å². The molecule has 4 heteroatoms. The fourth-order valence-electron chi connectivity index (χ4n) is 3.69. The van der Waals surface area contributed by atoms with Gasteiger partial charge in [0.05, 0.1) is 11.1 Å². The first kappa shape index (κ1) is 23.3. The van der Waals surface area contributed by atoms with Gasteiger partial charge in [-0.15, -0.1) is 0 Å². The van der Waals surface area contributed by atoms with Crippen molar-refractivity contribution in [1.29, 1.82) is 0 Å². The predicted molar refractivity (Wildman–Crippen MR) is 127 cm³/mol. The van der Waals surface area contributed by atoms with Gasteiger partial charge < -0.3 is 9.47 Å². The molecule has 0 heterocycles. The van der Waals surface area contributed by atoms with Crippen molar-refractivity contribution >= 4 is 11.9 Å². The van der Waals surface area contributed by atoms with E-state index in [0.29, 0.717) is 35.5 Å². The standard InChI is InChI=1S/C28H30O4/c1-6-19-18-23(28(3,4)5)22(7-2)25(32-27(30)21-16-12-9-13-17-21)24(19)31-26(29)20-14-10-8-11-15-20/h8-18H,6-7H2,1-5H3. The van der Waals surface area contributed by atoms with Crippen molar-refractivity contribution in [2.45, 2.75) is 52.9 Å². The summed E-state index contributed by atoms with van der Waals surface area (Å²) in [5.41, 5.74) is 3.47. The number of benzene rings is 3. The maximum absolute atomic E-state index is 13.0. The van der Waals surface area contributed by atoms with Crippen LogP contribution < -0.4 is 9.47 Å². The summed E-state index contributed by atoms with van der Waals surface area (Å²) in [4.78, 5) is 25.9. The lowest BCUT2D eigenvalue weighted by atomic mass is 9.81. The molecule has 3 aromatic carbocycles. The normalized spacial score (nSPS) is 11.2. The van der Waals surface area contributed by atoms with Crippen LogP contribution in [0.5, 0.6) is 11.5 Å². The third kappa shape index (κ3) is 5.08. The van der Waals surface area contributed by atoms with Gasteiger partial charge in [-0.25, -0.2) is 9.59 Å². The Kier molecular flexibility index (Phi) is 7.14. The SMILES string of the molecule is CCc1cc(C(C)(C)C)c(CC)c(OC(=O)c2ccccc2)c1OC(=O)c1ccccc1. The van der Waals surface area contributed by atoms with E-state index in [1.807, 2.05) is 26.0 Å². The summed E-state index contributed by atoms with van der Waals surface area (Å²) in [5, 5.41) is 0. The second kappa shape index (κ2) is 9.82. The van der Waals surface area contributed by atoms with E-state index < -0.39 is 11.9 Å². The van der Waals surface area contributed by atoms with Crippen LogP contribution in [0.1, 0.15) is 72.0 Å². The van der Waals surface area contributed by atoms with E-state index >= 15 is 0 Å². The molecule has 0 amide bonds. The van der Waals surface area contributed by atoms with Crippen LogP contribution >= 0.6 is 0 Å². The average Bonchev–Trinajstić information content (AvgIpc) is 2.80. The fraction of sp³-hybridized carbons (Fsp3) is 0.286.